The summed E-state index contributed by atoms with van der Waals surface area (Å²) < 4.78 is 35.1. The molecule has 1 aromatic heterocycles. The van der Waals surface area contributed by atoms with Crippen molar-refractivity contribution in [1.82, 2.24) is 9.62 Å². The van der Waals surface area contributed by atoms with E-state index in [2.05, 4.69) is 5.32 Å². The average molecular weight is 318 g/mol. The largest absolute Gasteiger partial charge is 0.459 e. The molecule has 0 aromatic carbocycles. The van der Waals surface area contributed by atoms with Crippen LogP contribution in [-0.2, 0) is 26.1 Å². The van der Waals surface area contributed by atoms with Crippen LogP contribution in [0, 0.1) is 0 Å². The lowest BCUT2D eigenvalue weighted by atomic mass is 10.2. The van der Waals surface area contributed by atoms with Gasteiger partial charge in [-0.3, -0.25) is 10.1 Å². The molecule has 0 amide bonds. The van der Waals surface area contributed by atoms with Gasteiger partial charge in [0.2, 0.25) is 5.09 Å². The minimum absolute atomic E-state index is 0.0216. The maximum atomic E-state index is 11.8. The van der Waals surface area contributed by atoms with Crippen LogP contribution >= 0.6 is 0 Å². The highest BCUT2D eigenvalue weighted by Crippen LogP contribution is 2.16. The molecule has 0 atom stereocenters. The maximum Gasteiger partial charge on any atom is 0.320 e. The third-order valence-corrected chi connectivity index (χ3v) is 4.05. The lowest BCUT2D eigenvalue weighted by Crippen LogP contribution is -2.31. The van der Waals surface area contributed by atoms with Gasteiger partial charge < -0.3 is 9.15 Å². The fourth-order valence-electron chi connectivity index (χ4n) is 1.44. The standard InChI is InChI=1S/C13H22N2O5S/c1-13(2,3)20-11(16)9-14-8-10-6-7-12(19-10)21(17,18)15(4)5/h6-7,14H,8-9H2,1-5H3. The number of carbonyl (C=O) groups excluding carboxylic acids is 1. The molecular weight excluding hydrogens is 296 g/mol. The van der Waals surface area contributed by atoms with Gasteiger partial charge in [-0.25, -0.2) is 12.7 Å². The summed E-state index contributed by atoms with van der Waals surface area (Å²) in [5, 5.41) is 2.72. The number of nitrogens with zero attached hydrogens (tertiary/aromatic N) is 1. The van der Waals surface area contributed by atoms with Crippen LogP contribution in [0.5, 0.6) is 0 Å². The van der Waals surface area contributed by atoms with Crippen molar-refractivity contribution in [3.63, 3.8) is 0 Å². The van der Waals surface area contributed by atoms with E-state index in [9.17, 15) is 13.2 Å². The minimum Gasteiger partial charge on any atom is -0.459 e. The van der Waals surface area contributed by atoms with E-state index in [0.29, 0.717) is 5.76 Å². The summed E-state index contributed by atoms with van der Waals surface area (Å²) in [6, 6.07) is 2.94. The highest BCUT2D eigenvalue weighted by molar-refractivity contribution is 7.88. The summed E-state index contributed by atoms with van der Waals surface area (Å²) in [5.74, 6) is 0.0502. The Kier molecular flexibility index (Phi) is 5.54. The second-order valence-electron chi connectivity index (χ2n) is 5.70. The molecule has 1 aromatic rings. The van der Waals surface area contributed by atoms with E-state index < -0.39 is 15.6 Å². The van der Waals surface area contributed by atoms with E-state index in [0.717, 1.165) is 4.31 Å². The predicted molar refractivity (Wildman–Crippen MR) is 77.1 cm³/mol. The highest BCUT2D eigenvalue weighted by atomic mass is 32.2. The SMILES string of the molecule is CN(C)S(=O)(=O)c1ccc(CNCC(=O)OC(C)(C)C)o1. The summed E-state index contributed by atoms with van der Waals surface area (Å²) >= 11 is 0. The third-order valence-electron chi connectivity index (χ3n) is 2.36. The molecular formula is C13H22N2O5S. The molecule has 120 valence electrons. The molecule has 0 aliphatic carbocycles. The molecule has 8 heteroatoms. The molecule has 0 radical (unpaired) electrons. The Balaban J connectivity index is 2.52. The van der Waals surface area contributed by atoms with Crippen LogP contribution in [0.15, 0.2) is 21.6 Å². The summed E-state index contributed by atoms with van der Waals surface area (Å²) in [6.45, 7) is 5.62. The zero-order valence-corrected chi connectivity index (χ0v) is 13.8. The fourth-order valence-corrected chi connectivity index (χ4v) is 2.25. The second-order valence-corrected chi connectivity index (χ2v) is 7.78. The van der Waals surface area contributed by atoms with Gasteiger partial charge >= 0.3 is 5.97 Å². The van der Waals surface area contributed by atoms with E-state index in [1.165, 1.54) is 20.2 Å². The third kappa shape index (κ3) is 5.49. The van der Waals surface area contributed by atoms with Gasteiger partial charge in [0.1, 0.15) is 11.4 Å². The monoisotopic (exact) mass is 318 g/mol. The van der Waals surface area contributed by atoms with Crippen molar-refractivity contribution in [2.24, 2.45) is 0 Å². The van der Waals surface area contributed by atoms with Crippen LogP contribution in [0.3, 0.4) is 0 Å². The number of furan rings is 1. The average Bonchev–Trinajstić information content (AvgIpc) is 2.75. The van der Waals surface area contributed by atoms with Crippen molar-refractivity contribution in [3.8, 4) is 0 Å². The van der Waals surface area contributed by atoms with Crippen LogP contribution in [0.1, 0.15) is 26.5 Å². The number of sulfonamides is 1. The Morgan fingerprint density at radius 2 is 1.95 bits per heavy atom. The number of nitrogens with one attached hydrogen (secondary N) is 1. The molecule has 0 aliphatic rings. The molecule has 1 heterocycles. The normalized spacial score (nSPS) is 12.7. The summed E-state index contributed by atoms with van der Waals surface area (Å²) in [5.41, 5.74) is -0.531. The van der Waals surface area contributed by atoms with E-state index in [-0.39, 0.29) is 24.2 Å². The highest BCUT2D eigenvalue weighted by Gasteiger charge is 2.21. The van der Waals surface area contributed by atoms with Gasteiger partial charge in [-0.15, -0.1) is 0 Å². The van der Waals surface area contributed by atoms with E-state index in [1.54, 1.807) is 26.8 Å². The quantitative estimate of drug-likeness (QED) is 0.786. The van der Waals surface area contributed by atoms with E-state index in [1.807, 2.05) is 0 Å². The van der Waals surface area contributed by atoms with Gasteiger partial charge in [0.05, 0.1) is 13.1 Å². The van der Waals surface area contributed by atoms with Gasteiger partial charge in [-0.2, -0.15) is 0 Å². The first-order valence-electron chi connectivity index (χ1n) is 6.46. The fraction of sp³-hybridized carbons (Fsp3) is 0.615. The Bertz CT molecular complexity index is 584. The Morgan fingerprint density at radius 1 is 1.33 bits per heavy atom. The van der Waals surface area contributed by atoms with Crippen molar-refractivity contribution in [2.75, 3.05) is 20.6 Å². The van der Waals surface area contributed by atoms with Gasteiger partial charge in [-0.1, -0.05) is 0 Å². The van der Waals surface area contributed by atoms with Crippen molar-refractivity contribution in [3.05, 3.63) is 17.9 Å². The zero-order chi connectivity index (χ0) is 16.3. The number of ether oxygens (including phenoxy) is 1. The van der Waals surface area contributed by atoms with Gasteiger partial charge in [-0.05, 0) is 32.9 Å². The molecule has 7 nitrogen and oxygen atoms in total. The zero-order valence-electron chi connectivity index (χ0n) is 13.0. The van der Waals surface area contributed by atoms with Crippen LogP contribution in [0.25, 0.3) is 0 Å². The molecule has 0 saturated heterocycles. The first kappa shape index (κ1) is 17.7. The van der Waals surface area contributed by atoms with Crippen LogP contribution in [0.4, 0.5) is 0 Å². The van der Waals surface area contributed by atoms with E-state index >= 15 is 0 Å². The minimum atomic E-state index is -3.57. The van der Waals surface area contributed by atoms with Crippen molar-refractivity contribution < 1.29 is 22.4 Å². The number of carbonyl (C=O) groups is 1. The molecule has 0 saturated carbocycles. The summed E-state index contributed by atoms with van der Waals surface area (Å²) in [7, 11) is -0.716. The van der Waals surface area contributed by atoms with Gasteiger partial charge in [0.25, 0.3) is 10.0 Å². The number of hydrogen-bond acceptors (Lipinski definition) is 6. The van der Waals surface area contributed by atoms with Gasteiger partial charge in [0, 0.05) is 14.1 Å². The number of esters is 1. The second kappa shape index (κ2) is 6.59. The molecule has 0 spiro atoms. The lowest BCUT2D eigenvalue weighted by molar-refractivity contribution is -0.153. The summed E-state index contributed by atoms with van der Waals surface area (Å²) in [4.78, 5) is 11.5. The molecule has 0 bridgehead atoms. The summed E-state index contributed by atoms with van der Waals surface area (Å²) in [6.07, 6.45) is 0. The first-order valence-corrected chi connectivity index (χ1v) is 7.90. The van der Waals surface area contributed by atoms with Crippen LogP contribution < -0.4 is 5.32 Å². The maximum absolute atomic E-state index is 11.8. The van der Waals surface area contributed by atoms with Gasteiger partial charge in [0.15, 0.2) is 0 Å². The molecule has 1 rings (SSSR count). The lowest BCUT2D eigenvalue weighted by Gasteiger charge is -2.19. The van der Waals surface area contributed by atoms with Crippen LogP contribution in [-0.4, -0.2) is 44.9 Å². The van der Waals surface area contributed by atoms with Crippen molar-refractivity contribution >= 4 is 16.0 Å². The molecule has 21 heavy (non-hydrogen) atoms. The Labute approximate surface area is 125 Å². The molecule has 0 fully saturated rings. The van der Waals surface area contributed by atoms with E-state index in [4.69, 9.17) is 9.15 Å². The predicted octanol–water partition coefficient (Wildman–Crippen LogP) is 0.961. The Morgan fingerprint density at radius 3 is 2.48 bits per heavy atom. The topological polar surface area (TPSA) is 88.9 Å². The molecule has 0 aliphatic heterocycles. The Hall–Kier alpha value is -1.38. The van der Waals surface area contributed by atoms with Crippen molar-refractivity contribution in [1.29, 1.82) is 0 Å². The molecule has 0 unspecified atom stereocenters. The van der Waals surface area contributed by atoms with Crippen LogP contribution in [0.2, 0.25) is 0 Å². The number of hydrogen-bond donors (Lipinski definition) is 1. The first-order chi connectivity index (χ1) is 9.52. The van der Waals surface area contributed by atoms with Crippen molar-refractivity contribution in [2.45, 2.75) is 38.0 Å². The number of rotatable bonds is 6. The molecule has 1 N–H and O–H groups in total. The smallest absolute Gasteiger partial charge is 0.320 e.